The highest BCUT2D eigenvalue weighted by molar-refractivity contribution is 6.42. The third-order valence-corrected chi connectivity index (χ3v) is 7.62. The summed E-state index contributed by atoms with van der Waals surface area (Å²) in [6, 6.07) is 17.2. The number of aromatic nitrogens is 6. The number of piperazine rings is 1. The summed E-state index contributed by atoms with van der Waals surface area (Å²) >= 11 is 12.3. The smallest absolute Gasteiger partial charge is 0.257 e. The van der Waals surface area contributed by atoms with Gasteiger partial charge in [-0.1, -0.05) is 60.8 Å². The first-order chi connectivity index (χ1) is 19.0. The largest absolute Gasteiger partial charge is 0.336 e. The summed E-state index contributed by atoms with van der Waals surface area (Å²) in [5.74, 6) is 1.07. The molecule has 9 nitrogen and oxygen atoms in total. The number of carbonyl (C=O) groups excluding carboxylic acids is 1. The van der Waals surface area contributed by atoms with E-state index in [1.807, 2.05) is 52.0 Å². The summed E-state index contributed by atoms with van der Waals surface area (Å²) in [5.41, 5.74) is 4.23. The van der Waals surface area contributed by atoms with Gasteiger partial charge in [-0.3, -0.25) is 4.79 Å². The highest BCUT2D eigenvalue weighted by Crippen LogP contribution is 2.29. The number of para-hydroxylation sites is 1. The summed E-state index contributed by atoms with van der Waals surface area (Å²) in [4.78, 5) is 26.6. The topological polar surface area (TPSA) is 84.5 Å². The Bertz CT molecular complexity index is 1640. The molecule has 11 heteroatoms. The molecule has 0 N–H and O–H groups in total. The Morgan fingerprint density at radius 1 is 0.974 bits per heavy atom. The van der Waals surface area contributed by atoms with Crippen LogP contribution in [0.3, 0.4) is 0 Å². The van der Waals surface area contributed by atoms with Crippen molar-refractivity contribution >= 4 is 40.8 Å². The van der Waals surface area contributed by atoms with Gasteiger partial charge in [-0.25, -0.2) is 9.67 Å². The molecule has 2 aromatic carbocycles. The summed E-state index contributed by atoms with van der Waals surface area (Å²) in [5, 5.41) is 10.3. The molecule has 1 amide bonds. The van der Waals surface area contributed by atoms with Gasteiger partial charge >= 0.3 is 0 Å². The lowest BCUT2D eigenvalue weighted by Gasteiger charge is -2.34. The molecule has 0 spiro atoms. The summed E-state index contributed by atoms with van der Waals surface area (Å²) < 4.78 is 3.59. The van der Waals surface area contributed by atoms with Gasteiger partial charge in [0.15, 0.2) is 0 Å². The number of benzene rings is 2. The van der Waals surface area contributed by atoms with Gasteiger partial charge in [-0.2, -0.15) is 14.6 Å². The van der Waals surface area contributed by atoms with Crippen LogP contribution >= 0.6 is 23.2 Å². The molecule has 5 aromatic rings. The highest BCUT2D eigenvalue weighted by Gasteiger charge is 2.28. The fourth-order valence-electron chi connectivity index (χ4n) is 4.89. The molecule has 6 rings (SSSR count). The van der Waals surface area contributed by atoms with E-state index >= 15 is 0 Å². The number of amides is 1. The second kappa shape index (κ2) is 10.7. The number of rotatable bonds is 6. The molecule has 1 aliphatic rings. The minimum atomic E-state index is 0.00631. The van der Waals surface area contributed by atoms with E-state index in [4.69, 9.17) is 28.3 Å². The quantitative estimate of drug-likeness (QED) is 0.284. The molecule has 39 heavy (non-hydrogen) atoms. The molecule has 198 valence electrons. The predicted octanol–water partition coefficient (Wildman–Crippen LogP) is 5.20. The molecule has 0 radical (unpaired) electrons. The first-order valence-corrected chi connectivity index (χ1v) is 13.6. The number of hydrogen-bond acceptors (Lipinski definition) is 6. The van der Waals surface area contributed by atoms with Crippen LogP contribution in [0.2, 0.25) is 10.0 Å². The van der Waals surface area contributed by atoms with E-state index in [0.717, 1.165) is 35.5 Å². The zero-order valence-electron chi connectivity index (χ0n) is 21.3. The Kier molecular flexibility index (Phi) is 6.93. The van der Waals surface area contributed by atoms with Crippen molar-refractivity contribution in [1.82, 2.24) is 34.3 Å². The van der Waals surface area contributed by atoms with Gasteiger partial charge in [0.1, 0.15) is 0 Å². The van der Waals surface area contributed by atoms with Gasteiger partial charge in [-0.15, -0.1) is 5.10 Å². The molecule has 1 saturated heterocycles. The maximum absolute atomic E-state index is 13.6. The first kappa shape index (κ1) is 25.3. The van der Waals surface area contributed by atoms with Crippen LogP contribution < -0.4 is 4.90 Å². The molecule has 3 aromatic heterocycles. The fraction of sp³-hybridized carbons (Fsp3) is 0.250. The Morgan fingerprint density at radius 2 is 1.77 bits per heavy atom. The van der Waals surface area contributed by atoms with Crippen molar-refractivity contribution < 1.29 is 4.79 Å². The van der Waals surface area contributed by atoms with E-state index in [1.54, 1.807) is 29.0 Å². The van der Waals surface area contributed by atoms with Gasteiger partial charge in [0, 0.05) is 37.9 Å². The number of anilines is 1. The van der Waals surface area contributed by atoms with Gasteiger partial charge < -0.3 is 9.80 Å². The number of nitrogens with zero attached hydrogens (tertiary/aromatic N) is 8. The molecule has 4 heterocycles. The van der Waals surface area contributed by atoms with Crippen LogP contribution in [0.5, 0.6) is 0 Å². The van der Waals surface area contributed by atoms with Crippen molar-refractivity contribution in [3.8, 4) is 16.9 Å². The lowest BCUT2D eigenvalue weighted by molar-refractivity contribution is 0.0745. The van der Waals surface area contributed by atoms with Gasteiger partial charge in [0.05, 0.1) is 38.9 Å². The van der Waals surface area contributed by atoms with E-state index in [-0.39, 0.29) is 5.91 Å². The highest BCUT2D eigenvalue weighted by atomic mass is 35.5. The van der Waals surface area contributed by atoms with Gasteiger partial charge in [-0.05, 0) is 36.8 Å². The SMILES string of the molecule is CCCc1c(C(=O)N2CCN(c3nc4nccc(-c5ccc(Cl)c(Cl)c5)n4n3)CC2)cnn1-c1ccccc1. The molecule has 0 unspecified atom stereocenters. The van der Waals surface area contributed by atoms with Crippen molar-refractivity contribution in [1.29, 1.82) is 0 Å². The zero-order valence-corrected chi connectivity index (χ0v) is 22.8. The monoisotopic (exact) mass is 560 g/mol. The minimum absolute atomic E-state index is 0.00631. The predicted molar refractivity (Wildman–Crippen MR) is 152 cm³/mol. The number of fused-ring (bicyclic) bond motifs is 1. The second-order valence-corrected chi connectivity index (χ2v) is 10.2. The normalized spacial score (nSPS) is 13.8. The van der Waals surface area contributed by atoms with E-state index in [1.165, 1.54) is 0 Å². The van der Waals surface area contributed by atoms with Gasteiger partial charge in [0.25, 0.3) is 11.7 Å². The average molecular weight is 561 g/mol. The standard InChI is InChI=1S/C28H26Cl2N8O/c1-2-6-25-21(18-32-37(25)20-7-4-3-5-8-20)26(39)35-13-15-36(16-14-35)28-33-27-31-12-11-24(38(27)34-28)19-9-10-22(29)23(30)17-19/h3-5,7-12,17-18H,2,6,13-16H2,1H3. The van der Waals surface area contributed by atoms with Crippen LogP contribution in [0.1, 0.15) is 29.4 Å². The van der Waals surface area contributed by atoms with Crippen LogP contribution in [-0.4, -0.2) is 66.3 Å². The molecule has 0 bridgehead atoms. The third kappa shape index (κ3) is 4.84. The third-order valence-electron chi connectivity index (χ3n) is 6.88. The van der Waals surface area contributed by atoms with Crippen LogP contribution in [0.25, 0.3) is 22.7 Å². The fourth-order valence-corrected chi connectivity index (χ4v) is 5.19. The van der Waals surface area contributed by atoms with E-state index in [0.29, 0.717) is 53.5 Å². The summed E-state index contributed by atoms with van der Waals surface area (Å²) in [6.45, 7) is 4.45. The minimum Gasteiger partial charge on any atom is -0.336 e. The Balaban J connectivity index is 1.20. The lowest BCUT2D eigenvalue weighted by atomic mass is 10.1. The molecule has 0 atom stereocenters. The summed E-state index contributed by atoms with van der Waals surface area (Å²) in [7, 11) is 0. The van der Waals surface area contributed by atoms with E-state index in [2.05, 4.69) is 26.9 Å². The van der Waals surface area contributed by atoms with Crippen molar-refractivity contribution in [2.45, 2.75) is 19.8 Å². The maximum atomic E-state index is 13.6. The van der Waals surface area contributed by atoms with Crippen molar-refractivity contribution in [2.75, 3.05) is 31.1 Å². The average Bonchev–Trinajstić information content (AvgIpc) is 3.60. The van der Waals surface area contributed by atoms with Crippen molar-refractivity contribution in [3.63, 3.8) is 0 Å². The summed E-state index contributed by atoms with van der Waals surface area (Å²) in [6.07, 6.45) is 5.10. The molecule has 0 saturated carbocycles. The maximum Gasteiger partial charge on any atom is 0.257 e. The molecule has 1 aliphatic heterocycles. The zero-order chi connectivity index (χ0) is 26.9. The van der Waals surface area contributed by atoms with E-state index in [9.17, 15) is 4.79 Å². The first-order valence-electron chi connectivity index (χ1n) is 12.9. The van der Waals surface area contributed by atoms with Crippen LogP contribution in [-0.2, 0) is 6.42 Å². The van der Waals surface area contributed by atoms with Crippen LogP contribution in [0.4, 0.5) is 5.95 Å². The molecule has 1 fully saturated rings. The molecular formula is C28H26Cl2N8O. The number of hydrogen-bond donors (Lipinski definition) is 0. The van der Waals surface area contributed by atoms with Crippen LogP contribution in [0.15, 0.2) is 67.0 Å². The Morgan fingerprint density at radius 3 is 2.51 bits per heavy atom. The van der Waals surface area contributed by atoms with Crippen molar-refractivity contribution in [2.24, 2.45) is 0 Å². The number of halogens is 2. The lowest BCUT2D eigenvalue weighted by Crippen LogP contribution is -2.49. The van der Waals surface area contributed by atoms with Crippen LogP contribution in [0, 0.1) is 0 Å². The van der Waals surface area contributed by atoms with Crippen molar-refractivity contribution in [3.05, 3.63) is 88.3 Å². The second-order valence-electron chi connectivity index (χ2n) is 9.36. The Labute approximate surface area is 235 Å². The van der Waals surface area contributed by atoms with Gasteiger partial charge in [0.2, 0.25) is 5.95 Å². The molecular weight excluding hydrogens is 535 g/mol. The molecule has 0 aliphatic carbocycles. The van der Waals surface area contributed by atoms with E-state index < -0.39 is 0 Å². The number of carbonyl (C=O) groups is 1. The Hall–Kier alpha value is -3.95.